The van der Waals surface area contributed by atoms with E-state index in [-0.39, 0.29) is 17.5 Å². The van der Waals surface area contributed by atoms with Crippen molar-refractivity contribution in [1.82, 2.24) is 29.9 Å². The summed E-state index contributed by atoms with van der Waals surface area (Å²) in [6.45, 7) is 3.88. The van der Waals surface area contributed by atoms with Crippen LogP contribution in [0.1, 0.15) is 30.4 Å². The van der Waals surface area contributed by atoms with Gasteiger partial charge in [-0.15, -0.1) is 0 Å². The zero-order valence-corrected chi connectivity index (χ0v) is 27.4. The fourth-order valence-corrected chi connectivity index (χ4v) is 6.87. The minimum atomic E-state index is -0.0505. The average Bonchev–Trinajstić information content (AvgIpc) is 3.48. The van der Waals surface area contributed by atoms with Crippen molar-refractivity contribution < 1.29 is 9.53 Å². The van der Waals surface area contributed by atoms with E-state index >= 15 is 0 Å². The molecular formula is C36H34Cl2N6O3. The second kappa shape index (κ2) is 13.4. The average molecular weight is 670 g/mol. The largest absolute Gasteiger partial charge is 0.481 e. The summed E-state index contributed by atoms with van der Waals surface area (Å²) in [6, 6.07) is 19.5. The molecule has 9 nitrogen and oxygen atoms in total. The molecule has 5 heterocycles. The van der Waals surface area contributed by atoms with E-state index in [4.69, 9.17) is 32.9 Å². The SMILES string of the molecule is COc1nc(-c2cccc(-c3cccc(-c4ccn5c(=O)c(CN6CCC6)cnc5c4)c3Cl)c2Cl)ccc1CNC[C@@H]1CCC(=O)N1. The van der Waals surface area contributed by atoms with Crippen LogP contribution < -0.4 is 20.9 Å². The number of benzene rings is 2. The van der Waals surface area contributed by atoms with Crippen LogP contribution in [0.2, 0.25) is 10.0 Å². The number of carbonyl (C=O) groups is 1. The van der Waals surface area contributed by atoms with E-state index in [0.29, 0.717) is 58.9 Å². The van der Waals surface area contributed by atoms with E-state index < -0.39 is 0 Å². The summed E-state index contributed by atoms with van der Waals surface area (Å²) in [4.78, 5) is 36.3. The molecule has 240 valence electrons. The van der Waals surface area contributed by atoms with Crippen molar-refractivity contribution in [2.75, 3.05) is 26.7 Å². The molecule has 0 spiro atoms. The molecule has 5 aromatic rings. The Balaban J connectivity index is 1.15. The quantitative estimate of drug-likeness (QED) is 0.189. The number of aromatic nitrogens is 3. The number of nitrogens with one attached hydrogen (secondary N) is 2. The van der Waals surface area contributed by atoms with Crippen molar-refractivity contribution in [3.05, 3.63) is 105 Å². The molecule has 2 saturated heterocycles. The van der Waals surface area contributed by atoms with Gasteiger partial charge in [-0.2, -0.15) is 0 Å². The van der Waals surface area contributed by atoms with Crippen molar-refractivity contribution in [2.24, 2.45) is 0 Å². The summed E-state index contributed by atoms with van der Waals surface area (Å²) >= 11 is 14.2. The molecule has 47 heavy (non-hydrogen) atoms. The second-order valence-electron chi connectivity index (χ2n) is 12.0. The highest BCUT2D eigenvalue weighted by atomic mass is 35.5. The van der Waals surface area contributed by atoms with E-state index in [1.165, 1.54) is 6.42 Å². The molecule has 0 bridgehead atoms. The number of halogens is 2. The number of nitrogens with zero attached hydrogens (tertiary/aromatic N) is 4. The summed E-state index contributed by atoms with van der Waals surface area (Å²) in [5.41, 5.74) is 6.73. The summed E-state index contributed by atoms with van der Waals surface area (Å²) in [5.74, 6) is 0.603. The molecule has 2 aliphatic heterocycles. The van der Waals surface area contributed by atoms with Crippen molar-refractivity contribution in [2.45, 2.75) is 38.4 Å². The lowest BCUT2D eigenvalue weighted by Gasteiger charge is -2.30. The maximum absolute atomic E-state index is 13.1. The predicted molar refractivity (Wildman–Crippen MR) is 185 cm³/mol. The number of amides is 1. The van der Waals surface area contributed by atoms with Crippen LogP contribution in [-0.2, 0) is 17.9 Å². The van der Waals surface area contributed by atoms with Crippen LogP contribution >= 0.6 is 23.2 Å². The molecule has 1 atom stereocenters. The second-order valence-corrected chi connectivity index (χ2v) is 12.8. The Morgan fingerprint density at radius 1 is 0.957 bits per heavy atom. The number of likely N-dealkylation sites (tertiary alicyclic amines) is 1. The third-order valence-electron chi connectivity index (χ3n) is 8.92. The van der Waals surface area contributed by atoms with Crippen molar-refractivity contribution in [3.63, 3.8) is 0 Å². The van der Waals surface area contributed by atoms with Crippen molar-refractivity contribution >= 4 is 34.8 Å². The Morgan fingerprint density at radius 3 is 2.40 bits per heavy atom. The summed E-state index contributed by atoms with van der Waals surface area (Å²) < 4.78 is 7.23. The Hall–Kier alpha value is -4.28. The highest BCUT2D eigenvalue weighted by molar-refractivity contribution is 6.39. The molecule has 11 heteroatoms. The molecule has 1 amide bonds. The van der Waals surface area contributed by atoms with Crippen LogP contribution in [0.25, 0.3) is 39.2 Å². The Labute approximate surface area is 282 Å². The first-order chi connectivity index (χ1) is 22.9. The zero-order chi connectivity index (χ0) is 32.5. The first-order valence-electron chi connectivity index (χ1n) is 15.7. The maximum atomic E-state index is 13.1. The van der Waals surface area contributed by atoms with E-state index in [1.54, 1.807) is 23.9 Å². The molecule has 7 rings (SSSR count). The zero-order valence-electron chi connectivity index (χ0n) is 25.9. The minimum Gasteiger partial charge on any atom is -0.481 e. The van der Waals surface area contributed by atoms with Crippen LogP contribution in [0.5, 0.6) is 5.88 Å². The first kappa shape index (κ1) is 31.3. The van der Waals surface area contributed by atoms with Gasteiger partial charge in [0, 0.05) is 72.3 Å². The maximum Gasteiger partial charge on any atom is 0.262 e. The molecular weight excluding hydrogens is 635 g/mol. The molecule has 0 saturated carbocycles. The van der Waals surface area contributed by atoms with Crippen LogP contribution in [-0.4, -0.2) is 58.0 Å². The van der Waals surface area contributed by atoms with Crippen molar-refractivity contribution in [3.8, 4) is 39.4 Å². The fourth-order valence-electron chi connectivity index (χ4n) is 6.21. The lowest BCUT2D eigenvalue weighted by molar-refractivity contribution is -0.119. The molecule has 0 radical (unpaired) electrons. The van der Waals surface area contributed by atoms with Gasteiger partial charge in [0.15, 0.2) is 0 Å². The minimum absolute atomic E-state index is 0.0505. The number of fused-ring (bicyclic) bond motifs is 1. The van der Waals surface area contributed by atoms with Gasteiger partial charge in [-0.05, 0) is 49.7 Å². The number of hydrogen-bond acceptors (Lipinski definition) is 7. The van der Waals surface area contributed by atoms with E-state index in [2.05, 4.69) is 20.5 Å². The third kappa shape index (κ3) is 6.36. The Kier molecular flexibility index (Phi) is 8.96. The molecule has 2 aromatic carbocycles. The lowest BCUT2D eigenvalue weighted by atomic mass is 9.97. The molecule has 2 aliphatic rings. The Bertz CT molecular complexity index is 2040. The summed E-state index contributed by atoms with van der Waals surface area (Å²) in [7, 11) is 1.60. The molecule has 0 aliphatic carbocycles. The molecule has 0 unspecified atom stereocenters. The number of rotatable bonds is 10. The molecule has 3 aromatic heterocycles. The summed E-state index contributed by atoms with van der Waals surface area (Å²) in [5, 5.41) is 7.42. The van der Waals surface area contributed by atoms with Gasteiger partial charge < -0.3 is 15.4 Å². The number of ether oxygens (including phenoxy) is 1. The van der Waals surface area contributed by atoms with Crippen molar-refractivity contribution in [1.29, 1.82) is 0 Å². The fraction of sp³-hybridized carbons (Fsp3) is 0.278. The molecule has 2 fully saturated rings. The number of carbonyl (C=O) groups excluding carboxylic acids is 1. The van der Waals surface area contributed by atoms with E-state index in [1.807, 2.05) is 60.7 Å². The topological polar surface area (TPSA) is 101 Å². The van der Waals surface area contributed by atoms with Gasteiger partial charge in [0.05, 0.1) is 28.4 Å². The number of hydrogen-bond donors (Lipinski definition) is 2. The standard InChI is InChI=1S/C36H34Cl2N6O3/c1-47-35-23(18-39-20-25-10-12-32(45)41-25)9-11-30(42-35)29-8-3-7-28(34(29)38)27-6-2-5-26(33(27)37)22-13-16-44-31(17-22)40-19-24(36(44)46)21-43-14-4-15-43/h2-3,5-9,11,13,16-17,19,25,39H,4,10,12,14-15,18,20-21H2,1H3,(H,41,45)/t25-/m0/s1. The monoisotopic (exact) mass is 668 g/mol. The number of pyridine rings is 2. The Morgan fingerprint density at radius 2 is 1.70 bits per heavy atom. The van der Waals surface area contributed by atoms with Crippen LogP contribution in [0.4, 0.5) is 0 Å². The van der Waals surface area contributed by atoms with Gasteiger partial charge in [-0.3, -0.25) is 18.9 Å². The highest BCUT2D eigenvalue weighted by Gasteiger charge is 2.21. The first-order valence-corrected chi connectivity index (χ1v) is 16.5. The van der Waals surface area contributed by atoms with Gasteiger partial charge in [0.2, 0.25) is 11.8 Å². The van der Waals surface area contributed by atoms with Gasteiger partial charge in [-0.25, -0.2) is 9.97 Å². The summed E-state index contributed by atoms with van der Waals surface area (Å²) in [6.07, 6.45) is 6.03. The third-order valence-corrected chi connectivity index (χ3v) is 9.74. The normalized spacial score (nSPS) is 16.3. The predicted octanol–water partition coefficient (Wildman–Crippen LogP) is 5.98. The van der Waals surface area contributed by atoms with Crippen LogP contribution in [0.3, 0.4) is 0 Å². The van der Waals surface area contributed by atoms with Gasteiger partial charge >= 0.3 is 0 Å². The van der Waals surface area contributed by atoms with Gasteiger partial charge in [0.1, 0.15) is 5.65 Å². The van der Waals surface area contributed by atoms with Crippen LogP contribution in [0, 0.1) is 0 Å². The van der Waals surface area contributed by atoms with E-state index in [0.717, 1.165) is 52.9 Å². The van der Waals surface area contributed by atoms with Crippen LogP contribution in [0.15, 0.2) is 77.9 Å². The highest BCUT2D eigenvalue weighted by Crippen LogP contribution is 2.42. The van der Waals surface area contributed by atoms with Gasteiger partial charge in [-0.1, -0.05) is 65.7 Å². The lowest BCUT2D eigenvalue weighted by Crippen LogP contribution is -2.38. The smallest absolute Gasteiger partial charge is 0.262 e. The molecule has 2 N–H and O–H groups in total. The van der Waals surface area contributed by atoms with Gasteiger partial charge in [0.25, 0.3) is 5.56 Å². The van der Waals surface area contributed by atoms with E-state index in [9.17, 15) is 9.59 Å². The number of methoxy groups -OCH3 is 1.